The van der Waals surface area contributed by atoms with Crippen LogP contribution < -0.4 is 4.74 Å². The summed E-state index contributed by atoms with van der Waals surface area (Å²) < 4.78 is 11.1. The Morgan fingerprint density at radius 2 is 2.00 bits per heavy atom. The molecule has 1 aliphatic heterocycles. The molecule has 7 heteroatoms. The number of halogens is 1. The molecule has 1 aromatic heterocycles. The Kier molecular flexibility index (Phi) is 5.81. The molecular formula is C22H22ClN3O3. The quantitative estimate of drug-likeness (QED) is 0.578. The van der Waals surface area contributed by atoms with Gasteiger partial charge in [-0.2, -0.15) is 4.98 Å². The summed E-state index contributed by atoms with van der Waals surface area (Å²) in [6.07, 6.45) is 1.17. The van der Waals surface area contributed by atoms with Gasteiger partial charge in [0.1, 0.15) is 5.75 Å². The minimum Gasteiger partial charge on any atom is -0.493 e. The van der Waals surface area contributed by atoms with Crippen molar-refractivity contribution in [3.05, 3.63) is 65.0 Å². The molecule has 6 nitrogen and oxygen atoms in total. The van der Waals surface area contributed by atoms with Crippen LogP contribution in [-0.2, 0) is 11.2 Å². The third-order valence-corrected chi connectivity index (χ3v) is 5.27. The summed E-state index contributed by atoms with van der Waals surface area (Å²) in [6, 6.07) is 15.3. The molecule has 2 heterocycles. The maximum absolute atomic E-state index is 12.4. The Morgan fingerprint density at radius 1 is 1.21 bits per heavy atom. The van der Waals surface area contributed by atoms with E-state index in [2.05, 4.69) is 10.1 Å². The molecule has 1 unspecified atom stereocenters. The van der Waals surface area contributed by atoms with Crippen molar-refractivity contribution in [1.82, 2.24) is 15.0 Å². The number of carbonyl (C=O) groups excluding carboxylic acids is 1. The van der Waals surface area contributed by atoms with Crippen LogP contribution in [0.3, 0.4) is 0 Å². The Morgan fingerprint density at radius 3 is 2.79 bits per heavy atom. The molecule has 29 heavy (non-hydrogen) atoms. The van der Waals surface area contributed by atoms with Crippen LogP contribution >= 0.6 is 11.6 Å². The smallest absolute Gasteiger partial charge is 0.232 e. The molecule has 4 rings (SSSR count). The van der Waals surface area contributed by atoms with Crippen molar-refractivity contribution in [1.29, 1.82) is 0 Å². The zero-order valence-electron chi connectivity index (χ0n) is 16.2. The summed E-state index contributed by atoms with van der Waals surface area (Å²) in [7, 11) is 0. The minimum absolute atomic E-state index is 0.0896. The highest BCUT2D eigenvalue weighted by Crippen LogP contribution is 2.32. The van der Waals surface area contributed by atoms with Crippen molar-refractivity contribution in [3.63, 3.8) is 0 Å². The average Bonchev–Trinajstić information content (AvgIpc) is 3.35. The van der Waals surface area contributed by atoms with Crippen LogP contribution in [0.2, 0.25) is 5.02 Å². The minimum atomic E-state index is -0.0896. The summed E-state index contributed by atoms with van der Waals surface area (Å²) in [5, 5.41) is 4.83. The average molecular weight is 412 g/mol. The number of likely N-dealkylation sites (tertiary alicyclic amines) is 1. The number of rotatable bonds is 7. The van der Waals surface area contributed by atoms with Crippen LogP contribution in [0.5, 0.6) is 5.75 Å². The van der Waals surface area contributed by atoms with E-state index in [-0.39, 0.29) is 11.8 Å². The van der Waals surface area contributed by atoms with Gasteiger partial charge in [-0.3, -0.25) is 4.79 Å². The lowest BCUT2D eigenvalue weighted by atomic mass is 10.1. The molecule has 3 aromatic rings. The standard InChI is InChI=1S/C22H22ClN3O3/c1-2-28-19-6-4-3-5-18(19)21-24-22(29-25-21)16-13-20(27)26(14-16)12-11-15-7-9-17(23)10-8-15/h3-10,16H,2,11-14H2,1H3. The lowest BCUT2D eigenvalue weighted by molar-refractivity contribution is -0.127. The van der Waals surface area contributed by atoms with Crippen molar-refractivity contribution in [2.45, 2.75) is 25.7 Å². The second kappa shape index (κ2) is 8.66. The van der Waals surface area contributed by atoms with E-state index in [1.807, 2.05) is 60.4 Å². The van der Waals surface area contributed by atoms with Crippen LogP contribution in [0, 0.1) is 0 Å². The zero-order chi connectivity index (χ0) is 20.2. The maximum atomic E-state index is 12.4. The van der Waals surface area contributed by atoms with E-state index in [1.165, 1.54) is 0 Å². The lowest BCUT2D eigenvalue weighted by Crippen LogP contribution is -2.27. The molecule has 1 amide bonds. The van der Waals surface area contributed by atoms with Crippen LogP contribution in [-0.4, -0.2) is 40.6 Å². The molecule has 0 saturated carbocycles. The van der Waals surface area contributed by atoms with E-state index in [0.717, 1.165) is 23.3 Å². The fourth-order valence-electron chi connectivity index (χ4n) is 3.51. The van der Waals surface area contributed by atoms with Gasteiger partial charge in [-0.15, -0.1) is 0 Å². The van der Waals surface area contributed by atoms with Crippen LogP contribution in [0.1, 0.15) is 30.7 Å². The molecule has 0 bridgehead atoms. The fraction of sp³-hybridized carbons (Fsp3) is 0.318. The predicted molar refractivity (Wildman–Crippen MR) is 110 cm³/mol. The van der Waals surface area contributed by atoms with Crippen LogP contribution in [0.25, 0.3) is 11.4 Å². The van der Waals surface area contributed by atoms with Gasteiger partial charge in [0.25, 0.3) is 0 Å². The Labute approximate surface area is 174 Å². The number of nitrogens with zero attached hydrogens (tertiary/aromatic N) is 3. The number of hydrogen-bond acceptors (Lipinski definition) is 5. The van der Waals surface area contributed by atoms with Gasteiger partial charge < -0.3 is 14.2 Å². The van der Waals surface area contributed by atoms with E-state index in [9.17, 15) is 4.79 Å². The Balaban J connectivity index is 1.42. The highest BCUT2D eigenvalue weighted by molar-refractivity contribution is 6.30. The van der Waals surface area contributed by atoms with Crippen LogP contribution in [0.15, 0.2) is 53.1 Å². The Bertz CT molecular complexity index is 987. The number of amides is 1. The third kappa shape index (κ3) is 4.43. The highest BCUT2D eigenvalue weighted by Gasteiger charge is 2.34. The molecule has 1 fully saturated rings. The molecule has 1 aliphatic rings. The molecular weight excluding hydrogens is 390 g/mol. The van der Waals surface area contributed by atoms with E-state index >= 15 is 0 Å². The SMILES string of the molecule is CCOc1ccccc1-c1noc(C2CC(=O)N(CCc3ccc(Cl)cc3)C2)n1. The second-order valence-electron chi connectivity index (χ2n) is 7.00. The summed E-state index contributed by atoms with van der Waals surface area (Å²) in [6.45, 7) is 3.73. The number of ether oxygens (including phenoxy) is 1. The molecule has 0 radical (unpaired) electrons. The lowest BCUT2D eigenvalue weighted by Gasteiger charge is -2.15. The van der Waals surface area contributed by atoms with Gasteiger partial charge in [-0.05, 0) is 43.2 Å². The van der Waals surface area contributed by atoms with E-state index < -0.39 is 0 Å². The van der Waals surface area contributed by atoms with E-state index in [1.54, 1.807) is 0 Å². The van der Waals surface area contributed by atoms with E-state index in [4.69, 9.17) is 20.9 Å². The first-order valence-electron chi connectivity index (χ1n) is 9.72. The first kappa shape index (κ1) is 19.5. The van der Waals surface area contributed by atoms with Gasteiger partial charge in [-0.1, -0.05) is 41.0 Å². The molecule has 0 spiro atoms. The largest absolute Gasteiger partial charge is 0.493 e. The molecule has 0 aliphatic carbocycles. The molecule has 1 saturated heterocycles. The number of benzene rings is 2. The van der Waals surface area contributed by atoms with Crippen molar-refractivity contribution >= 4 is 17.5 Å². The van der Waals surface area contributed by atoms with E-state index in [0.29, 0.717) is 42.9 Å². The first-order chi connectivity index (χ1) is 14.1. The van der Waals surface area contributed by atoms with Gasteiger partial charge >= 0.3 is 0 Å². The molecule has 150 valence electrons. The van der Waals surface area contributed by atoms with Gasteiger partial charge in [0.15, 0.2) is 0 Å². The fourth-order valence-corrected chi connectivity index (χ4v) is 3.64. The highest BCUT2D eigenvalue weighted by atomic mass is 35.5. The predicted octanol–water partition coefficient (Wildman–Crippen LogP) is 4.35. The van der Waals surface area contributed by atoms with Crippen molar-refractivity contribution in [2.24, 2.45) is 0 Å². The molecule has 0 N–H and O–H groups in total. The topological polar surface area (TPSA) is 68.5 Å². The number of aromatic nitrogens is 2. The van der Waals surface area contributed by atoms with Gasteiger partial charge in [0.05, 0.1) is 18.1 Å². The second-order valence-corrected chi connectivity index (χ2v) is 7.44. The van der Waals surface area contributed by atoms with Crippen molar-refractivity contribution < 1.29 is 14.1 Å². The zero-order valence-corrected chi connectivity index (χ0v) is 16.9. The monoisotopic (exact) mass is 411 g/mol. The van der Waals surface area contributed by atoms with Crippen molar-refractivity contribution in [3.8, 4) is 17.1 Å². The van der Waals surface area contributed by atoms with Gasteiger partial charge in [0.2, 0.25) is 17.6 Å². The summed E-state index contributed by atoms with van der Waals surface area (Å²) in [4.78, 5) is 18.9. The van der Waals surface area contributed by atoms with Crippen LogP contribution in [0.4, 0.5) is 0 Å². The Hall–Kier alpha value is -2.86. The van der Waals surface area contributed by atoms with Gasteiger partial charge in [-0.25, -0.2) is 0 Å². The summed E-state index contributed by atoms with van der Waals surface area (Å²) in [5.41, 5.74) is 1.94. The number of hydrogen-bond donors (Lipinski definition) is 0. The number of para-hydroxylation sites is 1. The first-order valence-corrected chi connectivity index (χ1v) is 10.1. The number of carbonyl (C=O) groups is 1. The van der Waals surface area contributed by atoms with Gasteiger partial charge in [0, 0.05) is 24.5 Å². The summed E-state index contributed by atoms with van der Waals surface area (Å²) in [5.74, 6) is 1.71. The third-order valence-electron chi connectivity index (χ3n) is 5.02. The molecule has 1 atom stereocenters. The molecule has 2 aromatic carbocycles. The van der Waals surface area contributed by atoms with Crippen molar-refractivity contribution in [2.75, 3.05) is 19.7 Å². The summed E-state index contributed by atoms with van der Waals surface area (Å²) >= 11 is 5.93. The maximum Gasteiger partial charge on any atom is 0.232 e. The normalized spacial score (nSPS) is 16.4.